The van der Waals surface area contributed by atoms with Crippen LogP contribution in [0, 0.1) is 5.41 Å². The summed E-state index contributed by atoms with van der Waals surface area (Å²) in [5.41, 5.74) is 5.98. The number of nitrogens with two attached hydrogens (primary N) is 1. The van der Waals surface area contributed by atoms with Crippen molar-refractivity contribution in [1.29, 1.82) is 0 Å². The maximum absolute atomic E-state index is 12.6. The predicted molar refractivity (Wildman–Crippen MR) is 91.6 cm³/mol. The zero-order valence-corrected chi connectivity index (χ0v) is 14.4. The lowest BCUT2D eigenvalue weighted by Crippen LogP contribution is -2.46. The van der Waals surface area contributed by atoms with E-state index in [1.165, 1.54) is 0 Å². The number of carbonyl (C=O) groups excluding carboxylic acids is 1. The summed E-state index contributed by atoms with van der Waals surface area (Å²) < 4.78 is 16.1. The molecule has 6 nitrogen and oxygen atoms in total. The summed E-state index contributed by atoms with van der Waals surface area (Å²) >= 11 is 0. The molecule has 0 aliphatic carbocycles. The van der Waals surface area contributed by atoms with Crippen molar-refractivity contribution in [3.05, 3.63) is 18.2 Å². The Balaban J connectivity index is 0.00000264. The van der Waals surface area contributed by atoms with Gasteiger partial charge in [0.15, 0.2) is 11.5 Å². The number of hydrogen-bond donors (Lipinski definition) is 2. The Morgan fingerprint density at radius 2 is 2.04 bits per heavy atom. The van der Waals surface area contributed by atoms with Gasteiger partial charge in [0, 0.05) is 31.5 Å². The maximum Gasteiger partial charge on any atom is 0.232 e. The molecule has 0 radical (unpaired) electrons. The SMILES string of the molecule is CCOc1cc(NC(=O)C2(CN)CCOCC2)ccc1OC.Cl. The van der Waals surface area contributed by atoms with Crippen molar-refractivity contribution in [2.75, 3.05) is 38.8 Å². The van der Waals surface area contributed by atoms with Gasteiger partial charge in [0.05, 0.1) is 19.1 Å². The Hall–Kier alpha value is -1.50. The van der Waals surface area contributed by atoms with Crippen molar-refractivity contribution in [2.24, 2.45) is 11.1 Å². The number of carbonyl (C=O) groups is 1. The van der Waals surface area contributed by atoms with Crippen LogP contribution in [0.2, 0.25) is 0 Å². The molecule has 0 spiro atoms. The lowest BCUT2D eigenvalue weighted by Gasteiger charge is -2.34. The van der Waals surface area contributed by atoms with Crippen LogP contribution in [0.4, 0.5) is 5.69 Å². The minimum absolute atomic E-state index is 0. The van der Waals surface area contributed by atoms with E-state index in [4.69, 9.17) is 19.9 Å². The van der Waals surface area contributed by atoms with Crippen LogP contribution in [0.5, 0.6) is 11.5 Å². The lowest BCUT2D eigenvalue weighted by molar-refractivity contribution is -0.130. The van der Waals surface area contributed by atoms with E-state index in [0.29, 0.717) is 56.4 Å². The number of anilines is 1. The van der Waals surface area contributed by atoms with Crippen LogP contribution in [0.15, 0.2) is 18.2 Å². The Kier molecular flexibility index (Phi) is 7.61. The first-order valence-electron chi connectivity index (χ1n) is 7.55. The van der Waals surface area contributed by atoms with Crippen LogP contribution in [0.1, 0.15) is 19.8 Å². The van der Waals surface area contributed by atoms with Crippen molar-refractivity contribution >= 4 is 24.0 Å². The third-order valence-electron chi connectivity index (χ3n) is 4.04. The van der Waals surface area contributed by atoms with Gasteiger partial charge < -0.3 is 25.3 Å². The second-order valence-electron chi connectivity index (χ2n) is 5.35. The number of hydrogen-bond acceptors (Lipinski definition) is 5. The maximum atomic E-state index is 12.6. The van der Waals surface area contributed by atoms with Crippen molar-refractivity contribution < 1.29 is 19.0 Å². The Labute approximate surface area is 143 Å². The number of halogens is 1. The standard InChI is InChI=1S/C16H24N2O4.ClH/c1-3-22-14-10-12(4-5-13(14)20-2)18-15(19)16(11-17)6-8-21-9-7-16;/h4-5,10H,3,6-9,11,17H2,1-2H3,(H,18,19);1H. The molecule has 2 rings (SSSR count). The molecule has 1 aliphatic heterocycles. The van der Waals surface area contributed by atoms with Gasteiger partial charge in [-0.05, 0) is 31.9 Å². The average Bonchev–Trinajstić information content (AvgIpc) is 2.56. The molecule has 0 saturated carbocycles. The third-order valence-corrected chi connectivity index (χ3v) is 4.04. The highest BCUT2D eigenvalue weighted by Gasteiger charge is 2.38. The quantitative estimate of drug-likeness (QED) is 0.826. The summed E-state index contributed by atoms with van der Waals surface area (Å²) in [4.78, 5) is 12.6. The number of nitrogens with one attached hydrogen (secondary N) is 1. The summed E-state index contributed by atoms with van der Waals surface area (Å²) in [5.74, 6) is 1.18. The molecule has 1 aromatic rings. The average molecular weight is 345 g/mol. The van der Waals surface area contributed by atoms with E-state index in [9.17, 15) is 4.79 Å². The van der Waals surface area contributed by atoms with Crippen LogP contribution in [-0.4, -0.2) is 39.4 Å². The third kappa shape index (κ3) is 4.50. The molecule has 3 N–H and O–H groups in total. The van der Waals surface area contributed by atoms with Gasteiger partial charge >= 0.3 is 0 Å². The molecule has 1 saturated heterocycles. The number of ether oxygens (including phenoxy) is 3. The van der Waals surface area contributed by atoms with Crippen LogP contribution in [0.3, 0.4) is 0 Å². The van der Waals surface area contributed by atoms with Crippen LogP contribution in [0.25, 0.3) is 0 Å². The Morgan fingerprint density at radius 3 is 2.61 bits per heavy atom. The van der Waals surface area contributed by atoms with Crippen LogP contribution < -0.4 is 20.5 Å². The predicted octanol–water partition coefficient (Wildman–Crippen LogP) is 2.21. The van der Waals surface area contributed by atoms with E-state index in [0.717, 1.165) is 0 Å². The molecule has 1 aromatic carbocycles. The van der Waals surface area contributed by atoms with Gasteiger partial charge in [-0.3, -0.25) is 4.79 Å². The molecule has 1 aliphatic rings. The zero-order valence-electron chi connectivity index (χ0n) is 13.6. The van der Waals surface area contributed by atoms with Gasteiger partial charge in [0.1, 0.15) is 0 Å². The topological polar surface area (TPSA) is 82.8 Å². The molecule has 0 atom stereocenters. The van der Waals surface area contributed by atoms with Crippen molar-refractivity contribution in [2.45, 2.75) is 19.8 Å². The van der Waals surface area contributed by atoms with Gasteiger partial charge in [-0.15, -0.1) is 12.4 Å². The van der Waals surface area contributed by atoms with E-state index in [1.54, 1.807) is 25.3 Å². The van der Waals surface area contributed by atoms with Gasteiger partial charge in [-0.1, -0.05) is 0 Å². The van der Waals surface area contributed by atoms with E-state index in [2.05, 4.69) is 5.32 Å². The first-order chi connectivity index (χ1) is 10.6. The summed E-state index contributed by atoms with van der Waals surface area (Å²) in [5, 5.41) is 2.94. The first-order valence-corrected chi connectivity index (χ1v) is 7.55. The molecule has 23 heavy (non-hydrogen) atoms. The number of benzene rings is 1. The van der Waals surface area contributed by atoms with Gasteiger partial charge in [-0.2, -0.15) is 0 Å². The second-order valence-corrected chi connectivity index (χ2v) is 5.35. The number of amides is 1. The summed E-state index contributed by atoms with van der Waals surface area (Å²) in [6.45, 7) is 3.87. The van der Waals surface area contributed by atoms with Gasteiger partial charge in [-0.25, -0.2) is 0 Å². The van der Waals surface area contributed by atoms with Crippen molar-refractivity contribution in [3.63, 3.8) is 0 Å². The zero-order chi connectivity index (χ0) is 16.0. The lowest BCUT2D eigenvalue weighted by atomic mass is 9.79. The smallest absolute Gasteiger partial charge is 0.232 e. The van der Waals surface area contributed by atoms with Crippen molar-refractivity contribution in [1.82, 2.24) is 0 Å². The molecular formula is C16H25ClN2O4. The molecule has 0 bridgehead atoms. The molecular weight excluding hydrogens is 320 g/mol. The van der Waals surface area contributed by atoms with Crippen molar-refractivity contribution in [3.8, 4) is 11.5 Å². The molecule has 7 heteroatoms. The van der Waals surface area contributed by atoms with E-state index < -0.39 is 5.41 Å². The van der Waals surface area contributed by atoms with Crippen LogP contribution >= 0.6 is 12.4 Å². The highest BCUT2D eigenvalue weighted by Crippen LogP contribution is 2.33. The summed E-state index contributed by atoms with van der Waals surface area (Å²) in [7, 11) is 1.58. The Morgan fingerprint density at radius 1 is 1.35 bits per heavy atom. The van der Waals surface area contributed by atoms with Gasteiger partial charge in [0.2, 0.25) is 5.91 Å². The fraction of sp³-hybridized carbons (Fsp3) is 0.562. The monoisotopic (exact) mass is 344 g/mol. The number of rotatable bonds is 6. The minimum atomic E-state index is -0.552. The second kappa shape index (κ2) is 8.96. The molecule has 130 valence electrons. The fourth-order valence-corrected chi connectivity index (χ4v) is 2.57. The minimum Gasteiger partial charge on any atom is -0.493 e. The highest BCUT2D eigenvalue weighted by atomic mass is 35.5. The molecule has 0 aromatic heterocycles. The highest BCUT2D eigenvalue weighted by molar-refractivity contribution is 5.95. The molecule has 1 heterocycles. The summed E-state index contributed by atoms with van der Waals surface area (Å²) in [6.07, 6.45) is 1.29. The Bertz CT molecular complexity index is 519. The molecule has 1 fully saturated rings. The van der Waals surface area contributed by atoms with Crippen LogP contribution in [-0.2, 0) is 9.53 Å². The molecule has 1 amide bonds. The molecule has 0 unspecified atom stereocenters. The fourth-order valence-electron chi connectivity index (χ4n) is 2.57. The first kappa shape index (κ1) is 19.5. The van der Waals surface area contributed by atoms with E-state index in [1.807, 2.05) is 6.92 Å². The van der Waals surface area contributed by atoms with E-state index >= 15 is 0 Å². The normalized spacial score (nSPS) is 16.1. The van der Waals surface area contributed by atoms with Gasteiger partial charge in [0.25, 0.3) is 0 Å². The van der Waals surface area contributed by atoms with E-state index in [-0.39, 0.29) is 18.3 Å². The number of methoxy groups -OCH3 is 1. The largest absolute Gasteiger partial charge is 0.493 e. The summed E-state index contributed by atoms with van der Waals surface area (Å²) in [6, 6.07) is 5.34.